The third kappa shape index (κ3) is 1.57. The van der Waals surface area contributed by atoms with Gasteiger partial charge in [-0.3, -0.25) is 4.90 Å². The summed E-state index contributed by atoms with van der Waals surface area (Å²) in [6, 6.07) is 11.1. The van der Waals surface area contributed by atoms with Crippen LogP contribution in [0.15, 0.2) is 24.3 Å². The van der Waals surface area contributed by atoms with Gasteiger partial charge in [-0.2, -0.15) is 0 Å². The molecule has 1 aromatic carbocycles. The summed E-state index contributed by atoms with van der Waals surface area (Å²) in [6.07, 6.45) is 8.78. The van der Waals surface area contributed by atoms with Crippen molar-refractivity contribution < 1.29 is 0 Å². The topological polar surface area (TPSA) is 3.24 Å². The highest BCUT2D eigenvalue weighted by Crippen LogP contribution is 2.53. The summed E-state index contributed by atoms with van der Waals surface area (Å²) in [5.41, 5.74) is 3.37. The molecule has 1 nitrogen and oxygen atoms in total. The van der Waals surface area contributed by atoms with Gasteiger partial charge in [-0.15, -0.1) is 0 Å². The molecular formula is C18H23N. The summed E-state index contributed by atoms with van der Waals surface area (Å²) < 4.78 is 0. The highest BCUT2D eigenvalue weighted by atomic mass is 15.2. The van der Waals surface area contributed by atoms with Gasteiger partial charge in [0.1, 0.15) is 0 Å². The Morgan fingerprint density at radius 2 is 1.95 bits per heavy atom. The van der Waals surface area contributed by atoms with Crippen LogP contribution in [-0.4, -0.2) is 23.5 Å². The van der Waals surface area contributed by atoms with Gasteiger partial charge >= 0.3 is 0 Å². The van der Waals surface area contributed by atoms with E-state index in [1.807, 2.05) is 0 Å². The maximum atomic E-state index is 2.94. The Labute approximate surface area is 116 Å². The van der Waals surface area contributed by atoms with Gasteiger partial charge in [0, 0.05) is 18.6 Å². The van der Waals surface area contributed by atoms with E-state index in [0.717, 1.165) is 29.8 Å². The van der Waals surface area contributed by atoms with E-state index < -0.39 is 0 Å². The number of hydrogen-bond acceptors (Lipinski definition) is 1. The summed E-state index contributed by atoms with van der Waals surface area (Å²) in [6.45, 7) is 1.43. The van der Waals surface area contributed by atoms with Crippen molar-refractivity contribution in [2.24, 2.45) is 11.8 Å². The quantitative estimate of drug-likeness (QED) is 0.778. The molecule has 2 bridgehead atoms. The SMILES string of the molecule is c1ccc2c(c1)C[C@H]1[C@@H]2C[C@@H]2CC[C@H]1N2CC1CC1. The first-order valence-corrected chi connectivity index (χ1v) is 8.23. The van der Waals surface area contributed by atoms with Crippen molar-refractivity contribution in [1.82, 2.24) is 4.90 Å². The van der Waals surface area contributed by atoms with E-state index in [1.165, 1.54) is 45.1 Å². The summed E-state index contributed by atoms with van der Waals surface area (Å²) >= 11 is 0. The van der Waals surface area contributed by atoms with Gasteiger partial charge in [-0.05, 0) is 67.4 Å². The molecular weight excluding hydrogens is 230 g/mol. The Morgan fingerprint density at radius 3 is 2.84 bits per heavy atom. The van der Waals surface area contributed by atoms with Crippen molar-refractivity contribution in [1.29, 1.82) is 0 Å². The maximum absolute atomic E-state index is 2.94. The number of piperidine rings is 1. The van der Waals surface area contributed by atoms with Crippen LogP contribution in [0.1, 0.15) is 49.1 Å². The molecule has 0 unspecified atom stereocenters. The van der Waals surface area contributed by atoms with Crippen LogP contribution in [0.3, 0.4) is 0 Å². The molecule has 2 heterocycles. The van der Waals surface area contributed by atoms with Crippen molar-refractivity contribution in [2.75, 3.05) is 6.54 Å². The third-order valence-electron chi connectivity index (χ3n) is 6.30. The normalized spacial score (nSPS) is 40.2. The Balaban J connectivity index is 1.47. The fourth-order valence-electron chi connectivity index (χ4n) is 5.27. The molecule has 0 amide bonds. The Kier molecular flexibility index (Phi) is 2.21. The fourth-order valence-corrected chi connectivity index (χ4v) is 5.27. The maximum Gasteiger partial charge on any atom is 0.0136 e. The van der Waals surface area contributed by atoms with Gasteiger partial charge in [0.15, 0.2) is 0 Å². The van der Waals surface area contributed by atoms with Gasteiger partial charge in [0.2, 0.25) is 0 Å². The predicted molar refractivity (Wildman–Crippen MR) is 77.2 cm³/mol. The molecule has 2 aliphatic heterocycles. The second-order valence-corrected chi connectivity index (χ2v) is 7.35. The van der Waals surface area contributed by atoms with E-state index in [-0.39, 0.29) is 0 Å². The first kappa shape index (κ1) is 10.9. The monoisotopic (exact) mass is 253 g/mol. The zero-order valence-electron chi connectivity index (χ0n) is 11.6. The van der Waals surface area contributed by atoms with Gasteiger partial charge in [-0.25, -0.2) is 0 Å². The van der Waals surface area contributed by atoms with E-state index >= 15 is 0 Å². The van der Waals surface area contributed by atoms with Crippen molar-refractivity contribution in [3.8, 4) is 0 Å². The molecule has 2 aliphatic carbocycles. The molecule has 1 heteroatoms. The molecule has 100 valence electrons. The van der Waals surface area contributed by atoms with Gasteiger partial charge in [0.05, 0.1) is 0 Å². The summed E-state index contributed by atoms with van der Waals surface area (Å²) in [5, 5.41) is 0. The molecule has 2 saturated heterocycles. The molecule has 4 atom stereocenters. The minimum Gasteiger partial charge on any atom is -0.297 e. The average molecular weight is 253 g/mol. The van der Waals surface area contributed by atoms with Crippen molar-refractivity contribution in [3.63, 3.8) is 0 Å². The minimum absolute atomic E-state index is 0.893. The van der Waals surface area contributed by atoms with Crippen molar-refractivity contribution in [3.05, 3.63) is 35.4 Å². The Bertz CT molecular complexity index is 504. The van der Waals surface area contributed by atoms with Crippen LogP contribution in [-0.2, 0) is 6.42 Å². The minimum atomic E-state index is 0.893. The number of hydrogen-bond donors (Lipinski definition) is 0. The highest BCUT2D eigenvalue weighted by molar-refractivity contribution is 5.38. The lowest BCUT2D eigenvalue weighted by Gasteiger charge is -2.42. The van der Waals surface area contributed by atoms with Crippen LogP contribution in [0.2, 0.25) is 0 Å². The van der Waals surface area contributed by atoms with Crippen molar-refractivity contribution in [2.45, 2.75) is 56.5 Å². The zero-order chi connectivity index (χ0) is 12.4. The van der Waals surface area contributed by atoms with Crippen LogP contribution < -0.4 is 0 Å². The Hall–Kier alpha value is -0.820. The lowest BCUT2D eigenvalue weighted by Crippen LogP contribution is -2.47. The van der Waals surface area contributed by atoms with Crippen LogP contribution in [0, 0.1) is 11.8 Å². The molecule has 0 radical (unpaired) electrons. The molecule has 0 aromatic heterocycles. The highest BCUT2D eigenvalue weighted by Gasteiger charge is 2.50. The summed E-state index contributed by atoms with van der Waals surface area (Å²) in [4.78, 5) is 2.94. The first-order valence-electron chi connectivity index (χ1n) is 8.23. The van der Waals surface area contributed by atoms with E-state index in [1.54, 1.807) is 11.1 Å². The van der Waals surface area contributed by atoms with Crippen LogP contribution in [0.5, 0.6) is 0 Å². The number of benzene rings is 1. The molecule has 4 aliphatic rings. The largest absolute Gasteiger partial charge is 0.297 e. The smallest absolute Gasteiger partial charge is 0.0136 e. The Morgan fingerprint density at radius 1 is 1.05 bits per heavy atom. The lowest BCUT2D eigenvalue weighted by atomic mass is 9.80. The number of nitrogens with zero attached hydrogens (tertiary/aromatic N) is 1. The second-order valence-electron chi connectivity index (χ2n) is 7.35. The van der Waals surface area contributed by atoms with E-state index in [9.17, 15) is 0 Å². The van der Waals surface area contributed by atoms with Crippen LogP contribution >= 0.6 is 0 Å². The molecule has 1 saturated carbocycles. The molecule has 3 fully saturated rings. The van der Waals surface area contributed by atoms with E-state index in [0.29, 0.717) is 0 Å². The van der Waals surface area contributed by atoms with Gasteiger partial charge < -0.3 is 0 Å². The molecule has 5 rings (SSSR count). The molecule has 1 aromatic rings. The molecule has 19 heavy (non-hydrogen) atoms. The predicted octanol–water partition coefficient (Wildman–Crippen LogP) is 3.59. The standard InChI is InChI=1S/C18H23N/c1-2-4-15-13(3-1)9-17-16(15)10-14-7-8-18(17)19(14)11-12-5-6-12/h1-4,12,14,16-18H,5-11H2/t14-,16+,17-,18+/m0/s1. The fraction of sp³-hybridized carbons (Fsp3) is 0.667. The third-order valence-corrected chi connectivity index (χ3v) is 6.30. The van der Waals surface area contributed by atoms with E-state index in [4.69, 9.17) is 0 Å². The van der Waals surface area contributed by atoms with Crippen molar-refractivity contribution >= 4 is 0 Å². The number of rotatable bonds is 2. The second kappa shape index (κ2) is 3.85. The summed E-state index contributed by atoms with van der Waals surface area (Å²) in [7, 11) is 0. The summed E-state index contributed by atoms with van der Waals surface area (Å²) in [5.74, 6) is 2.89. The van der Waals surface area contributed by atoms with Gasteiger partial charge in [-0.1, -0.05) is 24.3 Å². The molecule has 0 spiro atoms. The van der Waals surface area contributed by atoms with Gasteiger partial charge in [0.25, 0.3) is 0 Å². The average Bonchev–Trinajstić information content (AvgIpc) is 3.10. The van der Waals surface area contributed by atoms with Crippen LogP contribution in [0.4, 0.5) is 0 Å². The first-order chi connectivity index (χ1) is 9.40. The molecule has 0 N–H and O–H groups in total. The van der Waals surface area contributed by atoms with E-state index in [2.05, 4.69) is 29.2 Å². The number of fused-ring (bicyclic) bond motifs is 6. The lowest BCUT2D eigenvalue weighted by molar-refractivity contribution is 0.0766. The van der Waals surface area contributed by atoms with Crippen LogP contribution in [0.25, 0.3) is 0 Å². The zero-order valence-corrected chi connectivity index (χ0v) is 11.6.